The summed E-state index contributed by atoms with van der Waals surface area (Å²) in [6.45, 7) is 2.81. The molecule has 0 heterocycles. The Hall–Kier alpha value is -0.940. The van der Waals surface area contributed by atoms with Gasteiger partial charge in [0.2, 0.25) is 0 Å². The van der Waals surface area contributed by atoms with Crippen molar-refractivity contribution in [2.45, 2.75) is 103 Å². The van der Waals surface area contributed by atoms with Gasteiger partial charge in [-0.1, -0.05) is 71.1 Å². The van der Waals surface area contributed by atoms with Crippen LogP contribution in [0.15, 0.2) is 0 Å². The monoisotopic (exact) mass is 342 g/mol. The summed E-state index contributed by atoms with van der Waals surface area (Å²) in [6.07, 6.45) is 14.5. The van der Waals surface area contributed by atoms with Gasteiger partial charge in [-0.3, -0.25) is 4.79 Å². The van der Waals surface area contributed by atoms with Crippen molar-refractivity contribution < 1.29 is 14.3 Å². The van der Waals surface area contributed by atoms with Crippen molar-refractivity contribution in [3.8, 4) is 0 Å². The van der Waals surface area contributed by atoms with Crippen LogP contribution in [0.3, 0.4) is 0 Å². The molecule has 4 N–H and O–H groups in total. The molecule has 0 unspecified atom stereocenters. The summed E-state index contributed by atoms with van der Waals surface area (Å²) in [5.41, 5.74) is 11.1. The molecule has 0 spiro atoms. The summed E-state index contributed by atoms with van der Waals surface area (Å²) >= 11 is 0. The van der Waals surface area contributed by atoms with E-state index < -0.39 is 18.0 Å². The molecule has 0 saturated heterocycles. The van der Waals surface area contributed by atoms with Crippen molar-refractivity contribution in [2.75, 3.05) is 6.54 Å². The molecule has 0 aromatic rings. The number of nitrogens with two attached hydrogens (primary N) is 2. The molecule has 0 aliphatic rings. The molecule has 24 heavy (non-hydrogen) atoms. The van der Waals surface area contributed by atoms with E-state index in [9.17, 15) is 9.59 Å². The van der Waals surface area contributed by atoms with E-state index in [1.54, 1.807) is 0 Å². The molecule has 0 amide bonds. The van der Waals surface area contributed by atoms with Gasteiger partial charge < -0.3 is 16.2 Å². The molecule has 0 aromatic heterocycles. The van der Waals surface area contributed by atoms with Crippen LogP contribution in [0.4, 0.5) is 0 Å². The smallest absolute Gasteiger partial charge is 0.330 e. The van der Waals surface area contributed by atoms with Gasteiger partial charge in [0.25, 0.3) is 0 Å². The van der Waals surface area contributed by atoms with E-state index in [2.05, 4.69) is 6.92 Å². The van der Waals surface area contributed by atoms with Gasteiger partial charge in [0.1, 0.15) is 6.04 Å². The summed E-state index contributed by atoms with van der Waals surface area (Å²) in [7, 11) is 0. The number of ether oxygens (including phenoxy) is 1. The zero-order valence-electron chi connectivity index (χ0n) is 15.6. The summed E-state index contributed by atoms with van der Waals surface area (Å²) in [5, 5.41) is 0. The van der Waals surface area contributed by atoms with Crippen LogP contribution in [-0.2, 0) is 14.3 Å². The first-order valence-corrected chi connectivity index (χ1v) is 9.82. The fourth-order valence-electron chi connectivity index (χ4n) is 2.62. The third-order valence-corrected chi connectivity index (χ3v) is 4.22. The van der Waals surface area contributed by atoms with Crippen molar-refractivity contribution in [3.63, 3.8) is 0 Å². The van der Waals surface area contributed by atoms with E-state index in [0.717, 1.165) is 32.1 Å². The van der Waals surface area contributed by atoms with E-state index in [4.69, 9.17) is 16.2 Å². The lowest BCUT2D eigenvalue weighted by Gasteiger charge is -2.09. The quantitative estimate of drug-likeness (QED) is 0.252. The summed E-state index contributed by atoms with van der Waals surface area (Å²) in [5.74, 6) is -1.06. The number of carbonyl (C=O) groups is 2. The second-order valence-electron chi connectivity index (χ2n) is 6.62. The Morgan fingerprint density at radius 2 is 1.38 bits per heavy atom. The normalized spacial score (nSPS) is 12.1. The minimum absolute atomic E-state index is 0.303. The van der Waals surface area contributed by atoms with Gasteiger partial charge >= 0.3 is 11.9 Å². The maximum absolute atomic E-state index is 11.6. The first kappa shape index (κ1) is 23.1. The molecule has 0 aliphatic carbocycles. The molecule has 142 valence electrons. The Morgan fingerprint density at radius 3 is 1.92 bits per heavy atom. The third kappa shape index (κ3) is 14.6. The highest BCUT2D eigenvalue weighted by Gasteiger charge is 2.18. The van der Waals surface area contributed by atoms with Gasteiger partial charge in [-0.25, -0.2) is 4.79 Å². The molecule has 0 rings (SSSR count). The zero-order valence-corrected chi connectivity index (χ0v) is 15.6. The Morgan fingerprint density at radius 1 is 0.833 bits per heavy atom. The molecule has 0 fully saturated rings. The Labute approximate surface area is 147 Å². The van der Waals surface area contributed by atoms with E-state index in [1.165, 1.54) is 44.9 Å². The number of hydrogen-bond acceptors (Lipinski definition) is 5. The van der Waals surface area contributed by atoms with E-state index in [0.29, 0.717) is 19.4 Å². The maximum atomic E-state index is 11.6. The van der Waals surface area contributed by atoms with Gasteiger partial charge in [-0.2, -0.15) is 0 Å². The van der Waals surface area contributed by atoms with Gasteiger partial charge in [0.05, 0.1) is 0 Å². The van der Waals surface area contributed by atoms with E-state index in [1.807, 2.05) is 0 Å². The molecule has 1 atom stereocenters. The van der Waals surface area contributed by atoms with Crippen LogP contribution >= 0.6 is 0 Å². The highest BCUT2D eigenvalue weighted by atomic mass is 16.6. The van der Waals surface area contributed by atoms with Crippen molar-refractivity contribution >= 4 is 11.9 Å². The number of esters is 2. The molecule has 5 nitrogen and oxygen atoms in total. The van der Waals surface area contributed by atoms with Crippen molar-refractivity contribution in [2.24, 2.45) is 11.5 Å². The van der Waals surface area contributed by atoms with Gasteiger partial charge in [0.15, 0.2) is 0 Å². The highest BCUT2D eigenvalue weighted by Crippen LogP contribution is 2.11. The number of hydrogen-bond donors (Lipinski definition) is 2. The lowest BCUT2D eigenvalue weighted by atomic mass is 10.1. The van der Waals surface area contributed by atoms with E-state index >= 15 is 0 Å². The van der Waals surface area contributed by atoms with E-state index in [-0.39, 0.29) is 0 Å². The predicted octanol–water partition coefficient (Wildman–Crippen LogP) is 3.82. The first-order valence-electron chi connectivity index (χ1n) is 9.82. The molecular formula is C19H38N2O3. The molecule has 0 aromatic carbocycles. The minimum Gasteiger partial charge on any atom is -0.392 e. The largest absolute Gasteiger partial charge is 0.392 e. The van der Waals surface area contributed by atoms with Crippen LogP contribution in [0.2, 0.25) is 0 Å². The zero-order chi connectivity index (χ0) is 18.0. The summed E-state index contributed by atoms with van der Waals surface area (Å²) in [4.78, 5) is 23.2. The fourth-order valence-corrected chi connectivity index (χ4v) is 2.62. The molecule has 5 heteroatoms. The predicted molar refractivity (Wildman–Crippen MR) is 98.4 cm³/mol. The molecule has 0 bridgehead atoms. The molecular weight excluding hydrogens is 304 g/mol. The SMILES string of the molecule is CCCCCCCCCCCCC(=O)OC(=O)[C@@H](N)CCCCN. The van der Waals surface area contributed by atoms with Crippen LogP contribution < -0.4 is 11.5 Å². The van der Waals surface area contributed by atoms with Gasteiger partial charge in [-0.15, -0.1) is 0 Å². The fraction of sp³-hybridized carbons (Fsp3) is 0.895. The van der Waals surface area contributed by atoms with Crippen molar-refractivity contribution in [3.05, 3.63) is 0 Å². The molecule has 0 aliphatic heterocycles. The lowest BCUT2D eigenvalue weighted by molar-refractivity contribution is -0.160. The second-order valence-corrected chi connectivity index (χ2v) is 6.62. The van der Waals surface area contributed by atoms with Crippen molar-refractivity contribution in [1.29, 1.82) is 0 Å². The summed E-state index contributed by atoms with van der Waals surface area (Å²) in [6, 6.07) is -0.715. The minimum atomic E-state index is -0.715. The molecule has 0 saturated carbocycles. The first-order chi connectivity index (χ1) is 11.6. The number of rotatable bonds is 16. The van der Waals surface area contributed by atoms with Crippen LogP contribution in [0.5, 0.6) is 0 Å². The van der Waals surface area contributed by atoms with Crippen molar-refractivity contribution in [1.82, 2.24) is 0 Å². The number of carbonyl (C=O) groups excluding carboxylic acids is 2. The lowest BCUT2D eigenvalue weighted by Crippen LogP contribution is -2.33. The second kappa shape index (κ2) is 16.9. The molecule has 0 radical (unpaired) electrons. The number of unbranched alkanes of at least 4 members (excludes halogenated alkanes) is 10. The average Bonchev–Trinajstić information content (AvgIpc) is 2.56. The Bertz CT molecular complexity index is 322. The average molecular weight is 343 g/mol. The standard InChI is InChI=1S/C19H38N2O3/c1-2-3-4-5-6-7-8-9-10-11-15-18(22)24-19(23)17(21)14-12-13-16-20/h17H,2-16,20-21H2,1H3/t17-/m0/s1. The Balaban J connectivity index is 3.47. The van der Waals surface area contributed by atoms with Gasteiger partial charge in [0, 0.05) is 6.42 Å². The Kier molecular flexibility index (Phi) is 16.2. The summed E-state index contributed by atoms with van der Waals surface area (Å²) < 4.78 is 4.79. The topological polar surface area (TPSA) is 95.4 Å². The maximum Gasteiger partial charge on any atom is 0.330 e. The van der Waals surface area contributed by atoms with Crippen LogP contribution in [0.1, 0.15) is 96.8 Å². The van der Waals surface area contributed by atoms with Crippen LogP contribution in [0, 0.1) is 0 Å². The van der Waals surface area contributed by atoms with Crippen LogP contribution in [-0.4, -0.2) is 24.5 Å². The van der Waals surface area contributed by atoms with Crippen LogP contribution in [0.25, 0.3) is 0 Å². The highest BCUT2D eigenvalue weighted by molar-refractivity contribution is 5.88. The van der Waals surface area contributed by atoms with Gasteiger partial charge in [-0.05, 0) is 25.8 Å². The third-order valence-electron chi connectivity index (χ3n) is 4.22.